The standard InChI is InChI=1S/C25H43NO2/c1-2-3-4-5-6-7-8-9-10-11-12-13-14-15-16-17-20-26-22-23-18-19-24(27)25(28)21-23/h18-19,21-22,27-28H,2-17,20H2,1H3. The number of aliphatic imine (C=N–C) groups is 1. The first-order valence-electron chi connectivity index (χ1n) is 11.8. The minimum absolute atomic E-state index is 0.0880. The average molecular weight is 390 g/mol. The summed E-state index contributed by atoms with van der Waals surface area (Å²) in [6, 6.07) is 4.78. The summed E-state index contributed by atoms with van der Waals surface area (Å²) in [5.41, 5.74) is 0.826. The molecule has 0 heterocycles. The quantitative estimate of drug-likeness (QED) is 0.153. The molecule has 0 unspecified atom stereocenters. The molecule has 0 amide bonds. The highest BCUT2D eigenvalue weighted by Crippen LogP contribution is 2.24. The fourth-order valence-electron chi connectivity index (χ4n) is 3.54. The molecule has 3 heteroatoms. The lowest BCUT2D eigenvalue weighted by Crippen LogP contribution is -1.87. The van der Waals surface area contributed by atoms with Gasteiger partial charge in [0.1, 0.15) is 0 Å². The number of aromatic hydroxyl groups is 2. The van der Waals surface area contributed by atoms with Crippen LogP contribution in [0.25, 0.3) is 0 Å². The van der Waals surface area contributed by atoms with Gasteiger partial charge in [-0.25, -0.2) is 0 Å². The van der Waals surface area contributed by atoms with E-state index in [0.717, 1.165) is 18.5 Å². The summed E-state index contributed by atoms with van der Waals surface area (Å²) in [7, 11) is 0. The second-order valence-electron chi connectivity index (χ2n) is 8.09. The number of hydrogen-bond donors (Lipinski definition) is 2. The van der Waals surface area contributed by atoms with Crippen molar-refractivity contribution in [3.05, 3.63) is 23.8 Å². The van der Waals surface area contributed by atoms with Crippen LogP contribution in [-0.2, 0) is 0 Å². The fraction of sp³-hybridized carbons (Fsp3) is 0.720. The minimum atomic E-state index is -0.0913. The number of rotatable bonds is 18. The lowest BCUT2D eigenvalue weighted by atomic mass is 10.0. The maximum Gasteiger partial charge on any atom is 0.158 e. The number of phenols is 2. The second-order valence-corrected chi connectivity index (χ2v) is 8.09. The van der Waals surface area contributed by atoms with E-state index in [4.69, 9.17) is 0 Å². The van der Waals surface area contributed by atoms with Crippen LogP contribution in [0.4, 0.5) is 0 Å². The predicted octanol–water partition coefficient (Wildman–Crippen LogP) is 7.78. The van der Waals surface area contributed by atoms with E-state index >= 15 is 0 Å². The first-order chi connectivity index (χ1) is 13.7. The Morgan fingerprint density at radius 3 is 1.57 bits per heavy atom. The molecule has 0 aliphatic carbocycles. The van der Waals surface area contributed by atoms with Gasteiger partial charge in [-0.1, -0.05) is 103 Å². The maximum atomic E-state index is 9.44. The van der Waals surface area contributed by atoms with Crippen molar-refractivity contribution in [3.63, 3.8) is 0 Å². The Morgan fingerprint density at radius 1 is 0.643 bits per heavy atom. The topological polar surface area (TPSA) is 52.8 Å². The first-order valence-corrected chi connectivity index (χ1v) is 11.8. The van der Waals surface area contributed by atoms with E-state index in [1.54, 1.807) is 12.3 Å². The summed E-state index contributed by atoms with van der Waals surface area (Å²) in [6.07, 6.45) is 23.8. The molecular formula is C25H43NO2. The third-order valence-electron chi connectivity index (χ3n) is 5.38. The van der Waals surface area contributed by atoms with E-state index in [1.807, 2.05) is 0 Å². The molecule has 28 heavy (non-hydrogen) atoms. The van der Waals surface area contributed by atoms with E-state index in [0.29, 0.717) is 0 Å². The number of nitrogens with zero attached hydrogens (tertiary/aromatic N) is 1. The molecule has 2 N–H and O–H groups in total. The molecule has 3 nitrogen and oxygen atoms in total. The van der Waals surface area contributed by atoms with Gasteiger partial charge in [-0.2, -0.15) is 0 Å². The van der Waals surface area contributed by atoms with Crippen molar-refractivity contribution >= 4 is 6.21 Å². The van der Waals surface area contributed by atoms with Gasteiger partial charge in [0.15, 0.2) is 11.5 Å². The Morgan fingerprint density at radius 2 is 1.11 bits per heavy atom. The van der Waals surface area contributed by atoms with Crippen LogP contribution in [0.15, 0.2) is 23.2 Å². The zero-order valence-corrected chi connectivity index (χ0v) is 18.2. The van der Waals surface area contributed by atoms with Gasteiger partial charge in [-0.3, -0.25) is 4.99 Å². The molecule has 0 aromatic heterocycles. The third kappa shape index (κ3) is 13.6. The number of phenolic OH excluding ortho intramolecular Hbond substituents is 2. The van der Waals surface area contributed by atoms with Gasteiger partial charge in [0.2, 0.25) is 0 Å². The molecular weight excluding hydrogens is 346 g/mol. The molecule has 1 aromatic carbocycles. The van der Waals surface area contributed by atoms with E-state index in [1.165, 1.54) is 108 Å². The van der Waals surface area contributed by atoms with Crippen molar-refractivity contribution in [1.82, 2.24) is 0 Å². The third-order valence-corrected chi connectivity index (χ3v) is 5.38. The molecule has 1 rings (SSSR count). The van der Waals surface area contributed by atoms with Gasteiger partial charge < -0.3 is 10.2 Å². The SMILES string of the molecule is CCCCCCCCCCCCCCCCCCN=Cc1ccc(O)c(O)c1. The Hall–Kier alpha value is -1.51. The van der Waals surface area contributed by atoms with Crippen molar-refractivity contribution < 1.29 is 10.2 Å². The zero-order chi connectivity index (χ0) is 20.3. The van der Waals surface area contributed by atoms with Crippen molar-refractivity contribution in [2.24, 2.45) is 4.99 Å². The Balaban J connectivity index is 1.80. The van der Waals surface area contributed by atoms with E-state index in [-0.39, 0.29) is 11.5 Å². The second kappa shape index (κ2) is 17.6. The van der Waals surface area contributed by atoms with E-state index < -0.39 is 0 Å². The summed E-state index contributed by atoms with van der Waals surface area (Å²) in [5.74, 6) is -0.179. The lowest BCUT2D eigenvalue weighted by molar-refractivity contribution is 0.403. The highest BCUT2D eigenvalue weighted by Gasteiger charge is 1.98. The normalized spacial score (nSPS) is 11.5. The van der Waals surface area contributed by atoms with E-state index in [2.05, 4.69) is 11.9 Å². The van der Waals surface area contributed by atoms with Crippen molar-refractivity contribution in [3.8, 4) is 11.5 Å². The molecule has 0 atom stereocenters. The molecule has 0 aliphatic heterocycles. The fourth-order valence-corrected chi connectivity index (χ4v) is 3.54. The van der Waals surface area contributed by atoms with Crippen molar-refractivity contribution in [1.29, 1.82) is 0 Å². The number of benzene rings is 1. The smallest absolute Gasteiger partial charge is 0.158 e. The molecule has 0 fully saturated rings. The van der Waals surface area contributed by atoms with Gasteiger partial charge >= 0.3 is 0 Å². The van der Waals surface area contributed by atoms with Gasteiger partial charge in [0, 0.05) is 12.8 Å². The molecule has 0 aliphatic rings. The summed E-state index contributed by atoms with van der Waals surface area (Å²) in [4.78, 5) is 4.40. The molecule has 160 valence electrons. The number of hydrogen-bond acceptors (Lipinski definition) is 3. The summed E-state index contributed by atoms with van der Waals surface area (Å²) >= 11 is 0. The molecule has 0 spiro atoms. The van der Waals surface area contributed by atoms with Gasteiger partial charge in [-0.05, 0) is 30.2 Å². The Labute approximate surface area is 173 Å². The molecule has 0 bridgehead atoms. The lowest BCUT2D eigenvalue weighted by Gasteiger charge is -2.03. The van der Waals surface area contributed by atoms with Crippen LogP contribution >= 0.6 is 0 Å². The van der Waals surface area contributed by atoms with Gasteiger partial charge in [-0.15, -0.1) is 0 Å². The summed E-state index contributed by atoms with van der Waals surface area (Å²) < 4.78 is 0. The van der Waals surface area contributed by atoms with Gasteiger partial charge in [0.05, 0.1) is 0 Å². The molecule has 0 saturated carbocycles. The summed E-state index contributed by atoms with van der Waals surface area (Å²) in [6.45, 7) is 3.11. The van der Waals surface area contributed by atoms with Crippen LogP contribution in [0, 0.1) is 0 Å². The van der Waals surface area contributed by atoms with Crippen LogP contribution in [0.1, 0.15) is 115 Å². The van der Waals surface area contributed by atoms with Crippen LogP contribution in [0.3, 0.4) is 0 Å². The van der Waals surface area contributed by atoms with Gasteiger partial charge in [0.25, 0.3) is 0 Å². The highest BCUT2D eigenvalue weighted by molar-refractivity contribution is 5.80. The average Bonchev–Trinajstić information content (AvgIpc) is 2.69. The Bertz CT molecular complexity index is 513. The molecule has 1 aromatic rings. The maximum absolute atomic E-state index is 9.44. The largest absolute Gasteiger partial charge is 0.504 e. The summed E-state index contributed by atoms with van der Waals surface area (Å²) in [5, 5.41) is 18.7. The Kier molecular flexibility index (Phi) is 15.4. The minimum Gasteiger partial charge on any atom is -0.504 e. The zero-order valence-electron chi connectivity index (χ0n) is 18.2. The van der Waals surface area contributed by atoms with Crippen LogP contribution in [0.5, 0.6) is 11.5 Å². The highest BCUT2D eigenvalue weighted by atomic mass is 16.3. The number of unbranched alkanes of at least 4 members (excludes halogenated alkanes) is 15. The van der Waals surface area contributed by atoms with E-state index in [9.17, 15) is 10.2 Å². The first kappa shape index (κ1) is 24.5. The molecule has 0 saturated heterocycles. The molecule has 0 radical (unpaired) electrons. The van der Waals surface area contributed by atoms with Crippen LogP contribution in [0.2, 0.25) is 0 Å². The van der Waals surface area contributed by atoms with Crippen molar-refractivity contribution in [2.75, 3.05) is 6.54 Å². The van der Waals surface area contributed by atoms with Crippen molar-refractivity contribution in [2.45, 2.75) is 110 Å². The predicted molar refractivity (Wildman–Crippen MR) is 122 cm³/mol. The monoisotopic (exact) mass is 389 g/mol. The van der Waals surface area contributed by atoms with Crippen LogP contribution < -0.4 is 0 Å². The van der Waals surface area contributed by atoms with Crippen LogP contribution in [-0.4, -0.2) is 23.0 Å².